The second-order valence-corrected chi connectivity index (χ2v) is 12.1. The van der Waals surface area contributed by atoms with E-state index in [1.165, 1.54) is 42.2 Å². The number of hydrogen-bond acceptors (Lipinski definition) is 4. The smallest absolute Gasteiger partial charge is 0.354 e. The molecule has 12 heteroatoms. The van der Waals surface area contributed by atoms with E-state index in [0.717, 1.165) is 12.1 Å². The van der Waals surface area contributed by atoms with Gasteiger partial charge in [-0.2, -0.15) is 13.2 Å². The molecular weight excluding hydrogens is 579 g/mol. The summed E-state index contributed by atoms with van der Waals surface area (Å²) >= 11 is 5.99. The van der Waals surface area contributed by atoms with E-state index < -0.39 is 46.2 Å². The number of alkyl halides is 3. The zero-order chi connectivity index (χ0) is 30.4. The lowest BCUT2D eigenvalue weighted by Gasteiger charge is -2.32. The van der Waals surface area contributed by atoms with Crippen LogP contribution in [0, 0.1) is 5.92 Å². The summed E-state index contributed by atoms with van der Waals surface area (Å²) in [6.07, 6.45) is -4.74. The molecule has 41 heavy (non-hydrogen) atoms. The summed E-state index contributed by atoms with van der Waals surface area (Å²) < 4.78 is 68.7. The second-order valence-electron chi connectivity index (χ2n) is 9.84. The highest BCUT2D eigenvalue weighted by Crippen LogP contribution is 2.33. The van der Waals surface area contributed by atoms with Crippen LogP contribution >= 0.6 is 11.6 Å². The van der Waals surface area contributed by atoms with Crippen molar-refractivity contribution in [3.05, 3.63) is 95.0 Å². The molecule has 0 unspecified atom stereocenters. The van der Waals surface area contributed by atoms with Crippen molar-refractivity contribution < 1.29 is 31.2 Å². The minimum atomic E-state index is -4.74. The Kier molecular flexibility index (Phi) is 10.4. The quantitative estimate of drug-likeness (QED) is 0.300. The normalized spacial score (nSPS) is 12.6. The average molecular weight is 610 g/mol. The fourth-order valence-electron chi connectivity index (χ4n) is 3.91. The van der Waals surface area contributed by atoms with Crippen LogP contribution < -0.4 is 9.62 Å². The first-order valence-corrected chi connectivity index (χ1v) is 14.6. The predicted octanol–water partition coefficient (Wildman–Crippen LogP) is 5.74. The van der Waals surface area contributed by atoms with E-state index in [9.17, 15) is 31.2 Å². The van der Waals surface area contributed by atoms with Crippen molar-refractivity contribution >= 4 is 39.1 Å². The lowest BCUT2D eigenvalue weighted by molar-refractivity contribution is -0.139. The summed E-state index contributed by atoms with van der Waals surface area (Å²) in [5.41, 5.74) is -0.807. The number of rotatable bonds is 11. The van der Waals surface area contributed by atoms with Crippen molar-refractivity contribution in [2.24, 2.45) is 5.92 Å². The van der Waals surface area contributed by atoms with Gasteiger partial charge in [0.05, 0.1) is 16.1 Å². The van der Waals surface area contributed by atoms with Crippen LogP contribution in [-0.4, -0.2) is 44.3 Å². The molecule has 0 heterocycles. The first-order chi connectivity index (χ1) is 19.2. The van der Waals surface area contributed by atoms with E-state index in [-0.39, 0.29) is 23.0 Å². The summed E-state index contributed by atoms with van der Waals surface area (Å²) in [4.78, 5) is 27.8. The molecule has 1 atom stereocenters. The van der Waals surface area contributed by atoms with Crippen molar-refractivity contribution in [3.8, 4) is 0 Å². The third kappa shape index (κ3) is 8.46. The fraction of sp³-hybridized carbons (Fsp3) is 0.310. The fourth-order valence-corrected chi connectivity index (χ4v) is 5.46. The second kappa shape index (κ2) is 13.4. The van der Waals surface area contributed by atoms with Gasteiger partial charge in [-0.25, -0.2) is 8.42 Å². The molecule has 3 aromatic carbocycles. The standard InChI is InChI=1S/C29H31ClF3N3O4S/c1-20(2)17-34-28(38)21(3)35(18-22-12-14-24(30)15-13-22)27(37)19-36(41(39,40)26-10-5-4-6-11-26)25-9-7-8-23(16-25)29(31,32)33/h4-16,20-21H,17-19H2,1-3H3,(H,34,38)/t21-/m1/s1. The number of carbonyl (C=O) groups is 2. The molecule has 0 bridgehead atoms. The van der Waals surface area contributed by atoms with Crippen molar-refractivity contribution in [2.45, 2.75) is 44.4 Å². The van der Waals surface area contributed by atoms with Crippen LogP contribution in [0.2, 0.25) is 5.02 Å². The number of anilines is 1. The molecule has 1 N–H and O–H groups in total. The molecule has 0 spiro atoms. The Hall–Kier alpha value is -3.57. The van der Waals surface area contributed by atoms with E-state index in [1.54, 1.807) is 30.3 Å². The van der Waals surface area contributed by atoms with Gasteiger partial charge < -0.3 is 10.2 Å². The maximum atomic E-state index is 13.8. The molecule has 0 aliphatic carbocycles. The molecular formula is C29H31ClF3N3O4S. The topological polar surface area (TPSA) is 86.8 Å². The van der Waals surface area contributed by atoms with Crippen molar-refractivity contribution in [2.75, 3.05) is 17.4 Å². The summed E-state index contributed by atoms with van der Waals surface area (Å²) in [5, 5.41) is 3.22. The number of nitrogens with zero attached hydrogens (tertiary/aromatic N) is 2. The van der Waals surface area contributed by atoms with Crippen LogP contribution in [0.1, 0.15) is 31.9 Å². The van der Waals surface area contributed by atoms with Crippen molar-refractivity contribution in [1.29, 1.82) is 0 Å². The molecule has 0 aliphatic heterocycles. The number of sulfonamides is 1. The lowest BCUT2D eigenvalue weighted by Crippen LogP contribution is -2.51. The van der Waals surface area contributed by atoms with Crippen LogP contribution in [0.4, 0.5) is 18.9 Å². The maximum absolute atomic E-state index is 13.8. The van der Waals surface area contributed by atoms with Gasteiger partial charge in [0.1, 0.15) is 12.6 Å². The predicted molar refractivity (Wildman–Crippen MR) is 152 cm³/mol. The van der Waals surface area contributed by atoms with E-state index in [1.807, 2.05) is 13.8 Å². The molecule has 0 aromatic heterocycles. The third-order valence-corrected chi connectivity index (χ3v) is 8.23. The van der Waals surface area contributed by atoms with Crippen molar-refractivity contribution in [3.63, 3.8) is 0 Å². The lowest BCUT2D eigenvalue weighted by atomic mass is 10.1. The van der Waals surface area contributed by atoms with Crippen LogP contribution in [0.15, 0.2) is 83.8 Å². The van der Waals surface area contributed by atoms with Gasteiger partial charge in [0.2, 0.25) is 11.8 Å². The minimum Gasteiger partial charge on any atom is -0.354 e. The molecule has 0 saturated carbocycles. The van der Waals surface area contributed by atoms with E-state index >= 15 is 0 Å². The average Bonchev–Trinajstić information content (AvgIpc) is 2.93. The number of amides is 2. The molecule has 0 saturated heterocycles. The van der Waals surface area contributed by atoms with E-state index in [4.69, 9.17) is 11.6 Å². The SMILES string of the molecule is CC(C)CNC(=O)[C@@H](C)N(Cc1ccc(Cl)cc1)C(=O)CN(c1cccc(C(F)(F)F)c1)S(=O)(=O)c1ccccc1. The Balaban J connectivity index is 2.05. The monoisotopic (exact) mass is 609 g/mol. The van der Waals surface area contributed by atoms with Crippen molar-refractivity contribution in [1.82, 2.24) is 10.2 Å². The van der Waals surface area contributed by atoms with Gasteiger partial charge in [0.15, 0.2) is 0 Å². The zero-order valence-electron chi connectivity index (χ0n) is 22.7. The minimum absolute atomic E-state index is 0.0753. The van der Waals surface area contributed by atoms with Gasteiger partial charge in [-0.1, -0.05) is 61.8 Å². The Bertz CT molecular complexity index is 1450. The number of benzene rings is 3. The third-order valence-electron chi connectivity index (χ3n) is 6.19. The Labute approximate surface area is 243 Å². The summed E-state index contributed by atoms with van der Waals surface area (Å²) in [5.74, 6) is -1.11. The molecule has 0 aliphatic rings. The molecule has 220 valence electrons. The Morgan fingerprint density at radius 2 is 1.56 bits per heavy atom. The maximum Gasteiger partial charge on any atom is 0.416 e. The number of hydrogen-bond donors (Lipinski definition) is 1. The van der Waals surface area contributed by atoms with Crippen LogP contribution in [0.3, 0.4) is 0 Å². The highest BCUT2D eigenvalue weighted by molar-refractivity contribution is 7.92. The van der Waals surface area contributed by atoms with Crippen LogP contribution in [-0.2, 0) is 32.3 Å². The van der Waals surface area contributed by atoms with Gasteiger partial charge in [-0.3, -0.25) is 13.9 Å². The summed E-state index contributed by atoms with van der Waals surface area (Å²) in [6, 6.07) is 16.3. The molecule has 0 fully saturated rings. The number of halogens is 4. The molecule has 0 radical (unpaired) electrons. The van der Waals surface area contributed by atoms with Gasteiger partial charge in [0.25, 0.3) is 10.0 Å². The highest BCUT2D eigenvalue weighted by Gasteiger charge is 2.35. The zero-order valence-corrected chi connectivity index (χ0v) is 24.3. The Morgan fingerprint density at radius 3 is 2.15 bits per heavy atom. The molecule has 7 nitrogen and oxygen atoms in total. The highest BCUT2D eigenvalue weighted by atomic mass is 35.5. The summed E-state index contributed by atoms with van der Waals surface area (Å²) in [7, 11) is -4.49. The number of nitrogens with one attached hydrogen (secondary N) is 1. The van der Waals surface area contributed by atoms with Crippen LogP contribution in [0.25, 0.3) is 0 Å². The van der Waals surface area contributed by atoms with Gasteiger partial charge >= 0.3 is 6.18 Å². The molecule has 3 aromatic rings. The molecule has 3 rings (SSSR count). The Morgan fingerprint density at radius 1 is 0.927 bits per heavy atom. The van der Waals surface area contributed by atoms with Crippen LogP contribution in [0.5, 0.6) is 0 Å². The van der Waals surface area contributed by atoms with Gasteiger partial charge in [0, 0.05) is 18.1 Å². The number of carbonyl (C=O) groups excluding carboxylic acids is 2. The van der Waals surface area contributed by atoms with Gasteiger partial charge in [-0.15, -0.1) is 0 Å². The van der Waals surface area contributed by atoms with E-state index in [0.29, 0.717) is 27.5 Å². The molecule has 2 amide bonds. The van der Waals surface area contributed by atoms with E-state index in [2.05, 4.69) is 5.32 Å². The first-order valence-electron chi connectivity index (χ1n) is 12.8. The first kappa shape index (κ1) is 32.0. The van der Waals surface area contributed by atoms with Gasteiger partial charge in [-0.05, 0) is 60.9 Å². The summed E-state index contributed by atoms with van der Waals surface area (Å²) in [6.45, 7) is 4.74. The largest absolute Gasteiger partial charge is 0.416 e.